The van der Waals surface area contributed by atoms with Crippen molar-refractivity contribution in [1.29, 1.82) is 0 Å². The van der Waals surface area contributed by atoms with E-state index >= 15 is 0 Å². The molecule has 1 saturated heterocycles. The first-order chi connectivity index (χ1) is 13.5. The highest BCUT2D eigenvalue weighted by molar-refractivity contribution is 5.95. The first kappa shape index (κ1) is 20.1. The molecule has 3 rings (SSSR count). The van der Waals surface area contributed by atoms with Crippen LogP contribution in [0.1, 0.15) is 54.7 Å². The fourth-order valence-electron chi connectivity index (χ4n) is 3.80. The molecule has 0 bridgehead atoms. The quantitative estimate of drug-likeness (QED) is 0.716. The molecule has 0 spiro atoms. The standard InChI is InChI=1S/C22H29N3O3/c1-4-8-20-19(14-23-25(20)18-11-6-9-16(3)13-18)21(26)24-12-7-10-17(15-24)22(27)28-5-2/h6,9,11,13-14,17H,4-5,7-8,10,12,15H2,1-3H3. The number of amides is 1. The Kier molecular flexibility index (Phi) is 6.49. The number of ether oxygens (including phenoxy) is 1. The van der Waals surface area contributed by atoms with E-state index in [4.69, 9.17) is 4.74 Å². The third-order valence-corrected chi connectivity index (χ3v) is 5.16. The lowest BCUT2D eigenvalue weighted by atomic mass is 9.97. The largest absolute Gasteiger partial charge is 0.466 e. The number of nitrogens with zero attached hydrogens (tertiary/aromatic N) is 3. The van der Waals surface area contributed by atoms with E-state index in [1.54, 1.807) is 18.0 Å². The Hall–Kier alpha value is -2.63. The van der Waals surface area contributed by atoms with Crippen molar-refractivity contribution in [2.75, 3.05) is 19.7 Å². The Morgan fingerprint density at radius 2 is 2.11 bits per heavy atom. The number of aromatic nitrogens is 2. The highest BCUT2D eigenvalue weighted by atomic mass is 16.5. The molecule has 6 heteroatoms. The first-order valence-corrected chi connectivity index (χ1v) is 10.1. The van der Waals surface area contributed by atoms with Gasteiger partial charge in [-0.2, -0.15) is 5.10 Å². The zero-order chi connectivity index (χ0) is 20.1. The van der Waals surface area contributed by atoms with Crippen LogP contribution < -0.4 is 0 Å². The van der Waals surface area contributed by atoms with Crippen LogP contribution in [0.4, 0.5) is 0 Å². The molecule has 0 aliphatic carbocycles. The van der Waals surface area contributed by atoms with Crippen LogP contribution in [-0.2, 0) is 16.0 Å². The number of carbonyl (C=O) groups excluding carboxylic acids is 2. The number of esters is 1. The van der Waals surface area contributed by atoms with Gasteiger partial charge in [-0.25, -0.2) is 4.68 Å². The summed E-state index contributed by atoms with van der Waals surface area (Å²) in [7, 11) is 0. The molecule has 1 aromatic heterocycles. The maximum Gasteiger partial charge on any atom is 0.310 e. The molecule has 1 aromatic carbocycles. The Balaban J connectivity index is 1.86. The lowest BCUT2D eigenvalue weighted by Gasteiger charge is -2.31. The second kappa shape index (κ2) is 9.04. The zero-order valence-electron chi connectivity index (χ0n) is 17.0. The normalized spacial score (nSPS) is 16.8. The Bertz CT molecular complexity index is 843. The molecule has 1 aliphatic heterocycles. The fraction of sp³-hybridized carbons (Fsp3) is 0.500. The first-order valence-electron chi connectivity index (χ1n) is 10.1. The summed E-state index contributed by atoms with van der Waals surface area (Å²) in [5.41, 5.74) is 3.67. The van der Waals surface area contributed by atoms with Gasteiger partial charge in [0.1, 0.15) is 0 Å². The lowest BCUT2D eigenvalue weighted by Crippen LogP contribution is -2.43. The van der Waals surface area contributed by atoms with Gasteiger partial charge < -0.3 is 9.64 Å². The summed E-state index contributed by atoms with van der Waals surface area (Å²) in [5, 5.41) is 4.52. The number of carbonyl (C=O) groups is 2. The molecular weight excluding hydrogens is 354 g/mol. The van der Waals surface area contributed by atoms with Crippen molar-refractivity contribution in [2.45, 2.75) is 46.5 Å². The van der Waals surface area contributed by atoms with Crippen LogP contribution in [-0.4, -0.2) is 46.3 Å². The number of piperidine rings is 1. The molecule has 1 fully saturated rings. The minimum absolute atomic E-state index is 0.0450. The molecule has 1 atom stereocenters. The van der Waals surface area contributed by atoms with Crippen LogP contribution in [0.5, 0.6) is 0 Å². The van der Waals surface area contributed by atoms with Crippen LogP contribution in [0.15, 0.2) is 30.5 Å². The third kappa shape index (κ3) is 4.26. The van der Waals surface area contributed by atoms with Gasteiger partial charge in [0.15, 0.2) is 0 Å². The van der Waals surface area contributed by atoms with Crippen LogP contribution in [0.3, 0.4) is 0 Å². The second-order valence-electron chi connectivity index (χ2n) is 7.35. The summed E-state index contributed by atoms with van der Waals surface area (Å²) in [4.78, 5) is 27.1. The van der Waals surface area contributed by atoms with Crippen LogP contribution in [0.2, 0.25) is 0 Å². The van der Waals surface area contributed by atoms with Crippen molar-refractivity contribution >= 4 is 11.9 Å². The van der Waals surface area contributed by atoms with E-state index in [0.717, 1.165) is 42.6 Å². The average Bonchev–Trinajstić information content (AvgIpc) is 3.11. The van der Waals surface area contributed by atoms with Crippen LogP contribution in [0.25, 0.3) is 5.69 Å². The van der Waals surface area contributed by atoms with Crippen LogP contribution in [0, 0.1) is 12.8 Å². The van der Waals surface area contributed by atoms with E-state index in [9.17, 15) is 9.59 Å². The highest BCUT2D eigenvalue weighted by Crippen LogP contribution is 2.23. The molecule has 0 saturated carbocycles. The monoisotopic (exact) mass is 383 g/mol. The summed E-state index contributed by atoms with van der Waals surface area (Å²) in [6.07, 6.45) is 4.94. The van der Waals surface area contributed by atoms with Crippen molar-refractivity contribution < 1.29 is 14.3 Å². The van der Waals surface area contributed by atoms with Gasteiger partial charge in [0.05, 0.1) is 35.7 Å². The van der Waals surface area contributed by atoms with Crippen molar-refractivity contribution in [3.63, 3.8) is 0 Å². The molecule has 2 aromatic rings. The average molecular weight is 383 g/mol. The maximum atomic E-state index is 13.3. The van der Waals surface area contributed by atoms with Gasteiger partial charge in [0.2, 0.25) is 0 Å². The number of hydrogen-bond acceptors (Lipinski definition) is 4. The zero-order valence-corrected chi connectivity index (χ0v) is 17.0. The van der Waals surface area contributed by atoms with Crippen molar-refractivity contribution in [3.05, 3.63) is 47.3 Å². The molecule has 1 amide bonds. The summed E-state index contributed by atoms with van der Waals surface area (Å²) in [6, 6.07) is 8.11. The van der Waals surface area contributed by atoms with E-state index in [-0.39, 0.29) is 17.8 Å². The topological polar surface area (TPSA) is 64.4 Å². The van der Waals surface area contributed by atoms with E-state index in [1.807, 2.05) is 29.8 Å². The van der Waals surface area contributed by atoms with Crippen molar-refractivity contribution in [2.24, 2.45) is 5.92 Å². The Morgan fingerprint density at radius 3 is 2.82 bits per heavy atom. The van der Waals surface area contributed by atoms with Gasteiger partial charge in [-0.05, 0) is 50.8 Å². The molecule has 1 aliphatic rings. The highest BCUT2D eigenvalue weighted by Gasteiger charge is 2.31. The van der Waals surface area contributed by atoms with E-state index < -0.39 is 0 Å². The minimum atomic E-state index is -0.237. The minimum Gasteiger partial charge on any atom is -0.466 e. The second-order valence-corrected chi connectivity index (χ2v) is 7.35. The van der Waals surface area contributed by atoms with Crippen molar-refractivity contribution in [3.8, 4) is 5.69 Å². The third-order valence-electron chi connectivity index (χ3n) is 5.16. The Labute approximate surface area is 166 Å². The van der Waals surface area contributed by atoms with Gasteiger partial charge in [-0.3, -0.25) is 9.59 Å². The summed E-state index contributed by atoms with van der Waals surface area (Å²) in [6.45, 7) is 7.39. The van der Waals surface area contributed by atoms with Gasteiger partial charge in [0.25, 0.3) is 5.91 Å². The lowest BCUT2D eigenvalue weighted by molar-refractivity contribution is -0.149. The number of benzene rings is 1. The molecule has 150 valence electrons. The summed E-state index contributed by atoms with van der Waals surface area (Å²) in [5.74, 6) is -0.486. The number of likely N-dealkylation sites (tertiary alicyclic amines) is 1. The van der Waals surface area contributed by atoms with Crippen LogP contribution >= 0.6 is 0 Å². The fourth-order valence-corrected chi connectivity index (χ4v) is 3.80. The predicted octanol–water partition coefficient (Wildman–Crippen LogP) is 3.55. The predicted molar refractivity (Wildman–Crippen MR) is 108 cm³/mol. The SMILES string of the molecule is CCCc1c(C(=O)N2CCCC(C(=O)OCC)C2)cnn1-c1cccc(C)c1. The molecule has 0 N–H and O–H groups in total. The van der Waals surface area contributed by atoms with E-state index in [1.165, 1.54) is 0 Å². The summed E-state index contributed by atoms with van der Waals surface area (Å²) >= 11 is 0. The van der Waals surface area contributed by atoms with E-state index in [0.29, 0.717) is 25.3 Å². The molecule has 0 radical (unpaired) electrons. The Morgan fingerprint density at radius 1 is 1.29 bits per heavy atom. The van der Waals surface area contributed by atoms with Gasteiger partial charge in [-0.15, -0.1) is 0 Å². The van der Waals surface area contributed by atoms with Gasteiger partial charge in [-0.1, -0.05) is 25.5 Å². The van der Waals surface area contributed by atoms with Gasteiger partial charge >= 0.3 is 5.97 Å². The molecule has 28 heavy (non-hydrogen) atoms. The summed E-state index contributed by atoms with van der Waals surface area (Å²) < 4.78 is 7.03. The number of rotatable bonds is 6. The number of hydrogen-bond donors (Lipinski definition) is 0. The van der Waals surface area contributed by atoms with Crippen molar-refractivity contribution in [1.82, 2.24) is 14.7 Å². The molecule has 1 unspecified atom stereocenters. The number of aryl methyl sites for hydroxylation is 1. The smallest absolute Gasteiger partial charge is 0.310 e. The molecule has 6 nitrogen and oxygen atoms in total. The molecule has 2 heterocycles. The maximum absolute atomic E-state index is 13.3. The van der Waals surface area contributed by atoms with E-state index in [2.05, 4.69) is 18.1 Å². The van der Waals surface area contributed by atoms with Gasteiger partial charge in [0, 0.05) is 13.1 Å². The molecular formula is C22H29N3O3.